The third-order valence-corrected chi connectivity index (χ3v) is 3.54. The van der Waals surface area contributed by atoms with Gasteiger partial charge in [0.05, 0.1) is 26.7 Å². The van der Waals surface area contributed by atoms with E-state index in [1.54, 1.807) is 0 Å². The van der Waals surface area contributed by atoms with E-state index in [2.05, 4.69) is 0 Å². The van der Waals surface area contributed by atoms with Gasteiger partial charge in [-0.25, -0.2) is 4.79 Å². The van der Waals surface area contributed by atoms with Gasteiger partial charge in [0.2, 0.25) is 0 Å². The van der Waals surface area contributed by atoms with E-state index >= 15 is 0 Å². The number of benzene rings is 3. The van der Waals surface area contributed by atoms with E-state index in [0.717, 1.165) is 6.07 Å². The number of carbonyl (C=O) groups is 1. The Morgan fingerprint density at radius 3 is 2.83 bits per heavy atom. The molecular weight excluding hydrogens is 388 g/mol. The standard InChI is InChI=1S/C23H23ClN2O3/c24-20-8-2-6-18(13-20)22(27)15-25-10-11-26-21-9-3-5-17(14-21)16-4-1-7-19(12-16)23(28)29/h1-9,12-14,22,25-27H,10-11,15H2,(H,28,29)/t22-/m0/s1/i2D,3D,5D,6D,8D,9D,10D2,11D2,13D,14D,15D2,22D. The molecule has 150 valence electrons. The van der Waals surface area contributed by atoms with Crippen LogP contribution in [0.5, 0.6) is 0 Å². The number of aromatic carboxylic acids is 1. The molecule has 3 aromatic rings. The fourth-order valence-electron chi connectivity index (χ4n) is 2.08. The van der Waals surface area contributed by atoms with Crippen molar-refractivity contribution in [2.24, 2.45) is 0 Å². The summed E-state index contributed by atoms with van der Waals surface area (Å²) in [6, 6.07) is -2.38. The number of hydrogen-bond acceptors (Lipinski definition) is 4. The Morgan fingerprint density at radius 1 is 1.17 bits per heavy atom. The molecule has 0 aromatic heterocycles. The summed E-state index contributed by atoms with van der Waals surface area (Å²) in [6.07, 6.45) is -3.78. The molecule has 6 heteroatoms. The SMILES string of the molecule is [2H]c1c([2H])c(NC([2H])([2H])C([2H])([2H])NC([2H])([2H])[C@]([2H])(O)c2c([2H])c([2H])c([2H])c(Cl)c2[2H])c([2H])c(-c2cccc(C(=O)O)c2)c1[2H]. The van der Waals surface area contributed by atoms with Crippen LogP contribution in [0, 0.1) is 0 Å². The minimum Gasteiger partial charge on any atom is -0.478 e. The molecule has 0 unspecified atom stereocenters. The van der Waals surface area contributed by atoms with E-state index in [9.17, 15) is 15.0 Å². The highest BCUT2D eigenvalue weighted by Gasteiger charge is 2.07. The van der Waals surface area contributed by atoms with Crippen LogP contribution in [0.15, 0.2) is 72.6 Å². The van der Waals surface area contributed by atoms with E-state index < -0.39 is 102 Å². The fraction of sp³-hybridized carbons (Fsp3) is 0.174. The maximum absolute atomic E-state index is 11.4. The summed E-state index contributed by atoms with van der Waals surface area (Å²) in [5.74, 6) is -1.35. The Morgan fingerprint density at radius 2 is 2.00 bits per heavy atom. The van der Waals surface area contributed by atoms with Crippen LogP contribution in [-0.2, 0) is 0 Å². The molecule has 5 nitrogen and oxygen atoms in total. The number of rotatable bonds is 9. The predicted molar refractivity (Wildman–Crippen MR) is 117 cm³/mol. The van der Waals surface area contributed by atoms with Crippen molar-refractivity contribution in [1.82, 2.24) is 5.32 Å². The van der Waals surface area contributed by atoms with Crippen LogP contribution in [0.2, 0.25) is 5.02 Å². The third kappa shape index (κ3) is 6.06. The van der Waals surface area contributed by atoms with Gasteiger partial charge in [-0.05, 0) is 53.0 Å². The van der Waals surface area contributed by atoms with Crippen molar-refractivity contribution in [1.29, 1.82) is 0 Å². The zero-order chi connectivity index (χ0) is 33.9. The van der Waals surface area contributed by atoms with Gasteiger partial charge in [-0.15, -0.1) is 0 Å². The van der Waals surface area contributed by atoms with E-state index in [1.807, 2.05) is 5.32 Å². The molecule has 4 N–H and O–H groups in total. The minimum absolute atomic E-state index is 0.0581. The summed E-state index contributed by atoms with van der Waals surface area (Å²) in [7, 11) is 0. The van der Waals surface area contributed by atoms with Crippen LogP contribution < -0.4 is 10.6 Å². The molecule has 0 saturated carbocycles. The maximum atomic E-state index is 11.4. The molecule has 0 fully saturated rings. The van der Waals surface area contributed by atoms with Gasteiger partial charge in [-0.2, -0.15) is 0 Å². The molecule has 3 aromatic carbocycles. The highest BCUT2D eigenvalue weighted by Crippen LogP contribution is 2.23. The predicted octanol–water partition coefficient (Wildman–Crippen LogP) is 4.44. The number of aliphatic hydroxyl groups is 1. The van der Waals surface area contributed by atoms with Crippen LogP contribution in [0.25, 0.3) is 11.1 Å². The van der Waals surface area contributed by atoms with Gasteiger partial charge in [0.15, 0.2) is 0 Å². The molecule has 0 aliphatic rings. The molecule has 0 bridgehead atoms. The number of hydrogen-bond donors (Lipinski definition) is 4. The van der Waals surface area contributed by atoms with Crippen LogP contribution in [-0.4, -0.2) is 35.7 Å². The first-order chi connectivity index (χ1) is 19.9. The van der Waals surface area contributed by atoms with Crippen molar-refractivity contribution in [3.05, 3.63) is 88.8 Å². The molecule has 0 amide bonds. The van der Waals surface area contributed by atoms with Gasteiger partial charge >= 0.3 is 5.97 Å². The number of carboxylic acid groups (broad SMARTS) is 1. The van der Waals surface area contributed by atoms with Crippen LogP contribution >= 0.6 is 11.6 Å². The van der Waals surface area contributed by atoms with E-state index in [1.165, 1.54) is 23.5 Å². The lowest BCUT2D eigenvalue weighted by Crippen LogP contribution is -2.26. The lowest BCUT2D eigenvalue weighted by Gasteiger charge is -2.13. The number of carboxylic acids is 1. The Hall–Kier alpha value is -2.86. The van der Waals surface area contributed by atoms with E-state index in [0.29, 0.717) is 0 Å². The van der Waals surface area contributed by atoms with Crippen molar-refractivity contribution in [2.75, 3.05) is 24.8 Å². The molecule has 0 aliphatic heterocycles. The molecule has 29 heavy (non-hydrogen) atoms. The zero-order valence-electron chi connectivity index (χ0n) is 29.5. The van der Waals surface area contributed by atoms with Crippen LogP contribution in [0.1, 0.15) is 42.6 Å². The lowest BCUT2D eigenvalue weighted by molar-refractivity contribution is 0.0697. The molecule has 0 saturated heterocycles. The smallest absolute Gasteiger partial charge is 0.335 e. The molecule has 0 radical (unpaired) electrons. The van der Waals surface area contributed by atoms with Crippen molar-refractivity contribution in [3.8, 4) is 11.1 Å². The summed E-state index contributed by atoms with van der Waals surface area (Å²) in [6.45, 7) is -10.9. The van der Waals surface area contributed by atoms with E-state index in [-0.39, 0.29) is 11.1 Å². The molecule has 0 heterocycles. The quantitative estimate of drug-likeness (QED) is 0.407. The first kappa shape index (κ1) is 8.88. The average molecular weight is 426 g/mol. The van der Waals surface area contributed by atoms with Crippen molar-refractivity contribution in [3.63, 3.8) is 0 Å². The summed E-state index contributed by atoms with van der Waals surface area (Å²) < 4.78 is 122. The largest absolute Gasteiger partial charge is 0.478 e. The number of anilines is 1. The lowest BCUT2D eigenvalue weighted by atomic mass is 10.0. The molecule has 0 spiro atoms. The summed E-state index contributed by atoms with van der Waals surface area (Å²) in [5.41, 5.74) is -2.76. The second-order valence-electron chi connectivity index (χ2n) is 5.30. The minimum atomic E-state index is -3.78. The van der Waals surface area contributed by atoms with Crippen LogP contribution in [0.4, 0.5) is 5.69 Å². The van der Waals surface area contributed by atoms with E-state index in [4.69, 9.17) is 32.2 Å². The van der Waals surface area contributed by atoms with Gasteiger partial charge in [-0.1, -0.05) is 47.9 Å². The van der Waals surface area contributed by atoms with Crippen molar-refractivity contribution in [2.45, 2.75) is 6.08 Å². The summed E-state index contributed by atoms with van der Waals surface area (Å²) in [5, 5.41) is 22.7. The molecular formula is C23H23ClN2O3. The summed E-state index contributed by atoms with van der Waals surface area (Å²) >= 11 is 5.79. The molecule has 1 atom stereocenters. The highest BCUT2D eigenvalue weighted by atomic mass is 35.5. The van der Waals surface area contributed by atoms with Gasteiger partial charge in [0, 0.05) is 35.7 Å². The second-order valence-corrected chi connectivity index (χ2v) is 5.68. The van der Waals surface area contributed by atoms with Gasteiger partial charge < -0.3 is 20.8 Å². The van der Waals surface area contributed by atoms with Gasteiger partial charge in [0.25, 0.3) is 0 Å². The first-order valence-electron chi connectivity index (χ1n) is 15.4. The zero-order valence-corrected chi connectivity index (χ0v) is 15.2. The van der Waals surface area contributed by atoms with Gasteiger partial charge in [0.1, 0.15) is 0 Å². The maximum Gasteiger partial charge on any atom is 0.335 e. The number of nitrogens with one attached hydrogen (secondary N) is 2. The third-order valence-electron chi connectivity index (χ3n) is 3.35. The molecule has 3 rings (SSSR count). The fourth-order valence-corrected chi connectivity index (χ4v) is 2.22. The normalized spacial score (nSPS) is 21.8. The highest BCUT2D eigenvalue weighted by molar-refractivity contribution is 6.30. The Balaban J connectivity index is 2.10. The Labute approximate surface area is 196 Å². The Bertz CT molecular complexity index is 1640. The summed E-state index contributed by atoms with van der Waals surface area (Å²) in [4.78, 5) is 11.4. The average Bonchev–Trinajstić information content (AvgIpc) is 2.91. The van der Waals surface area contributed by atoms with Crippen LogP contribution in [0.3, 0.4) is 0 Å². The van der Waals surface area contributed by atoms with Crippen molar-refractivity contribution < 1.29 is 35.6 Å². The number of halogens is 1. The first-order valence-corrected chi connectivity index (χ1v) is 8.29. The monoisotopic (exact) mass is 425 g/mol. The second kappa shape index (κ2) is 10.1. The van der Waals surface area contributed by atoms with Gasteiger partial charge in [-0.3, -0.25) is 0 Å². The topological polar surface area (TPSA) is 81.6 Å². The van der Waals surface area contributed by atoms with Crippen molar-refractivity contribution >= 4 is 23.3 Å². The Kier molecular flexibility index (Phi) is 3.08. The molecule has 0 aliphatic carbocycles.